The molecule has 0 radical (unpaired) electrons. The van der Waals surface area contributed by atoms with E-state index in [0.717, 1.165) is 33.4 Å². The SMILES string of the molecule is C.CN(C(=O)/C=C/c1ccccc1)[C@H]1C[C@@H](C(=O)O)N(C(=O)C(c2ccccc2)c2ccccc2)C1.COC(=O)[C@@H]1C[C@H](N(C)C(=O)/C=C/c2ccccc2)CN1C(=O)C(c1ccccc1)c1ccccc1.O.[Li+].[OH-]. The normalized spacial score (nSPS) is 16.5. The van der Waals surface area contributed by atoms with Gasteiger partial charge in [-0.05, 0) is 45.5 Å². The number of carbonyl (C=O) groups excluding carboxylic acids is 5. The number of nitrogens with zero attached hydrogens (tertiary/aromatic N) is 4. The zero-order chi connectivity index (χ0) is 50.3. The minimum atomic E-state index is -1.07. The summed E-state index contributed by atoms with van der Waals surface area (Å²) in [5.74, 6) is -3.64. The van der Waals surface area contributed by atoms with E-state index in [1.807, 2.05) is 182 Å². The van der Waals surface area contributed by atoms with Gasteiger partial charge < -0.3 is 40.4 Å². The molecule has 75 heavy (non-hydrogen) atoms. The molecule has 2 saturated heterocycles. The summed E-state index contributed by atoms with van der Waals surface area (Å²) >= 11 is 0. The van der Waals surface area contributed by atoms with Crippen molar-refractivity contribution >= 4 is 47.7 Å². The minimum Gasteiger partial charge on any atom is -0.870 e. The third-order valence-electron chi connectivity index (χ3n) is 13.1. The van der Waals surface area contributed by atoms with Crippen molar-refractivity contribution in [3.63, 3.8) is 0 Å². The van der Waals surface area contributed by atoms with Crippen molar-refractivity contribution in [2.45, 2.75) is 56.3 Å². The maximum Gasteiger partial charge on any atom is 1.00 e. The standard InChI is InChI=1S/C30H30N2O4.C29H28N2O4.CH4.Li.2H2O/c1-31(27(33)19-18-22-12-6-3-7-13-22)25-20-26(30(35)36-2)32(21-25)29(34)28(23-14-8-4-9-15-23)24-16-10-5-11-17-24;1-30(26(32)18-17-21-11-5-2-6-12-21)24-19-25(29(34)35)31(20-24)28(33)27(22-13-7-3-8-14-22)23-15-9-4-10-16-23;;;;/h3-19,25-26,28H,20-21H2,1-2H3;2-18,24-25,27H,19-20H2,1H3,(H,34,35);1H4;;2*1H2/q;;;+1;;/p-1/b19-18+;18-17+;;;;/t25-,26-;24-,25-;;;;/m00..../s1. The first-order valence-electron chi connectivity index (χ1n) is 23.6. The van der Waals surface area contributed by atoms with Crippen LogP contribution >= 0.6 is 0 Å². The van der Waals surface area contributed by atoms with E-state index in [2.05, 4.69) is 0 Å². The first-order chi connectivity index (χ1) is 34.4. The number of carbonyl (C=O) groups is 6. The molecular weight excluding hydrogens is 944 g/mol. The predicted octanol–water partition coefficient (Wildman–Crippen LogP) is 4.82. The number of likely N-dealkylation sites (N-methyl/N-ethyl adjacent to an activating group) is 2. The van der Waals surface area contributed by atoms with Gasteiger partial charge in [0.25, 0.3) is 0 Å². The Kier molecular flexibility index (Phi) is 24.4. The second-order valence-corrected chi connectivity index (χ2v) is 17.5. The molecule has 8 rings (SSSR count). The van der Waals surface area contributed by atoms with Crippen LogP contribution in [0.4, 0.5) is 0 Å². The van der Waals surface area contributed by atoms with Crippen LogP contribution in [0.2, 0.25) is 0 Å². The summed E-state index contributed by atoms with van der Waals surface area (Å²) in [5.41, 5.74) is 5.10. The average molecular weight is 1010 g/mol. The molecule has 15 heteroatoms. The van der Waals surface area contributed by atoms with Crippen molar-refractivity contribution in [1.82, 2.24) is 19.6 Å². The van der Waals surface area contributed by atoms with Crippen molar-refractivity contribution in [2.24, 2.45) is 0 Å². The van der Waals surface area contributed by atoms with Crippen LogP contribution in [0.25, 0.3) is 12.2 Å². The average Bonchev–Trinajstić information content (AvgIpc) is 4.08. The van der Waals surface area contributed by atoms with E-state index >= 15 is 0 Å². The Bertz CT molecular complexity index is 2730. The van der Waals surface area contributed by atoms with E-state index < -0.39 is 41.9 Å². The number of carboxylic acids is 1. The first-order valence-corrected chi connectivity index (χ1v) is 23.6. The molecule has 2 heterocycles. The van der Waals surface area contributed by atoms with Crippen LogP contribution in [-0.4, -0.2) is 130 Å². The first kappa shape index (κ1) is 61.4. The molecule has 4 atom stereocenters. The summed E-state index contributed by atoms with van der Waals surface area (Å²) in [6, 6.07) is 54.4. The Balaban J connectivity index is 0.000000375. The van der Waals surface area contributed by atoms with Gasteiger partial charge in [0.2, 0.25) is 23.6 Å². The third kappa shape index (κ3) is 15.6. The number of amides is 4. The van der Waals surface area contributed by atoms with E-state index in [4.69, 9.17) is 4.74 Å². The Hall–Kier alpha value is -7.86. The van der Waals surface area contributed by atoms with E-state index in [0.29, 0.717) is 6.42 Å². The molecule has 2 fully saturated rings. The Labute approximate surface area is 451 Å². The van der Waals surface area contributed by atoms with Gasteiger partial charge in [-0.3, -0.25) is 19.2 Å². The summed E-state index contributed by atoms with van der Waals surface area (Å²) in [4.78, 5) is 84.6. The number of carboxylic acid groups (broad SMARTS) is 1. The van der Waals surface area contributed by atoms with Crippen LogP contribution in [0.1, 0.15) is 65.5 Å². The smallest absolute Gasteiger partial charge is 0.870 e. The molecule has 6 aromatic carbocycles. The quantitative estimate of drug-likeness (QED) is 0.0902. The molecule has 0 saturated carbocycles. The molecule has 0 aromatic heterocycles. The van der Waals surface area contributed by atoms with Crippen LogP contribution in [0.5, 0.6) is 0 Å². The zero-order valence-electron chi connectivity index (χ0n) is 42.0. The number of ether oxygens (including phenoxy) is 1. The second kappa shape index (κ2) is 29.7. The van der Waals surface area contributed by atoms with E-state index in [-0.39, 0.29) is 86.4 Å². The molecular formula is C60H65LiN4O10. The van der Waals surface area contributed by atoms with Crippen molar-refractivity contribution in [1.29, 1.82) is 0 Å². The zero-order valence-corrected chi connectivity index (χ0v) is 42.0. The number of esters is 1. The van der Waals surface area contributed by atoms with Gasteiger partial charge >= 0.3 is 30.8 Å². The van der Waals surface area contributed by atoms with E-state index in [1.54, 1.807) is 36.0 Å². The number of hydrogen-bond donors (Lipinski definition) is 1. The maximum atomic E-state index is 14.0. The number of benzene rings is 6. The molecule has 0 unspecified atom stereocenters. The molecule has 2 aliphatic rings. The number of aliphatic carboxylic acids is 1. The molecule has 6 aromatic rings. The number of hydrogen-bond acceptors (Lipinski definition) is 8. The fourth-order valence-electron chi connectivity index (χ4n) is 9.20. The van der Waals surface area contributed by atoms with Gasteiger partial charge in [0.05, 0.1) is 31.0 Å². The molecule has 2 aliphatic heterocycles. The number of rotatable bonds is 14. The number of likely N-dealkylation sites (tertiary alicyclic amines) is 2. The Morgan fingerprint density at radius 1 is 0.520 bits per heavy atom. The maximum absolute atomic E-state index is 14.0. The van der Waals surface area contributed by atoms with Crippen LogP contribution < -0.4 is 18.9 Å². The van der Waals surface area contributed by atoms with E-state index in [1.165, 1.54) is 29.1 Å². The van der Waals surface area contributed by atoms with Gasteiger partial charge in [0.15, 0.2) is 0 Å². The Morgan fingerprint density at radius 2 is 0.800 bits per heavy atom. The van der Waals surface area contributed by atoms with Crippen molar-refractivity contribution in [3.05, 3.63) is 228 Å². The summed E-state index contributed by atoms with van der Waals surface area (Å²) in [6.07, 6.45) is 6.98. The van der Waals surface area contributed by atoms with Crippen LogP contribution in [-0.2, 0) is 33.5 Å². The molecule has 0 bridgehead atoms. The molecule has 0 spiro atoms. The molecule has 4 N–H and O–H groups in total. The minimum absolute atomic E-state index is 0. The fourth-order valence-corrected chi connectivity index (χ4v) is 9.20. The van der Waals surface area contributed by atoms with Crippen LogP contribution in [0, 0.1) is 0 Å². The van der Waals surface area contributed by atoms with Crippen LogP contribution in [0.3, 0.4) is 0 Å². The Morgan fingerprint density at radius 3 is 1.09 bits per heavy atom. The van der Waals surface area contributed by atoms with Gasteiger partial charge in [-0.15, -0.1) is 0 Å². The van der Waals surface area contributed by atoms with Gasteiger partial charge in [0, 0.05) is 52.2 Å². The topological polar surface area (TPSA) is 206 Å². The van der Waals surface area contributed by atoms with Gasteiger partial charge in [-0.25, -0.2) is 9.59 Å². The number of methoxy groups -OCH3 is 1. The van der Waals surface area contributed by atoms with E-state index in [9.17, 15) is 33.9 Å². The van der Waals surface area contributed by atoms with Crippen LogP contribution in [0.15, 0.2) is 194 Å². The molecule has 0 aliphatic carbocycles. The summed E-state index contributed by atoms with van der Waals surface area (Å²) in [7, 11) is 4.68. The van der Waals surface area contributed by atoms with Gasteiger partial charge in [-0.2, -0.15) is 0 Å². The second-order valence-electron chi connectivity index (χ2n) is 17.5. The summed E-state index contributed by atoms with van der Waals surface area (Å²) in [5, 5.41) is 9.93. The van der Waals surface area contributed by atoms with Gasteiger partial charge in [0.1, 0.15) is 12.1 Å². The van der Waals surface area contributed by atoms with Crippen molar-refractivity contribution < 1.29 is 68.4 Å². The summed E-state index contributed by atoms with van der Waals surface area (Å²) < 4.78 is 5.05. The molecule has 4 amide bonds. The molecule has 14 nitrogen and oxygen atoms in total. The molecule has 386 valence electrons. The third-order valence-corrected chi connectivity index (χ3v) is 13.1. The summed E-state index contributed by atoms with van der Waals surface area (Å²) in [6.45, 7) is 0.406. The fraction of sp³-hybridized carbons (Fsp3) is 0.233. The predicted molar refractivity (Wildman–Crippen MR) is 286 cm³/mol. The van der Waals surface area contributed by atoms with Gasteiger partial charge in [-0.1, -0.05) is 189 Å². The van der Waals surface area contributed by atoms with Crippen molar-refractivity contribution in [2.75, 3.05) is 34.3 Å². The largest absolute Gasteiger partial charge is 1.00 e. The monoisotopic (exact) mass is 1010 g/mol. The van der Waals surface area contributed by atoms with Crippen molar-refractivity contribution in [3.8, 4) is 0 Å².